The molecule has 2 aromatic rings. The lowest BCUT2D eigenvalue weighted by Crippen LogP contribution is -2.19. The first-order valence-corrected chi connectivity index (χ1v) is 5.45. The minimum Gasteiger partial charge on any atom is -0.435 e. The molecule has 0 spiro atoms. The fraction of sp³-hybridized carbons (Fsp3) is 0.167. The topological polar surface area (TPSA) is 56.2 Å². The van der Waals surface area contributed by atoms with Crippen LogP contribution in [0, 0.1) is 0 Å². The van der Waals surface area contributed by atoms with Gasteiger partial charge in [0.1, 0.15) is 12.3 Å². The largest absolute Gasteiger partial charge is 0.435 e. The van der Waals surface area contributed by atoms with Gasteiger partial charge in [-0.3, -0.25) is 9.48 Å². The molecule has 1 aromatic carbocycles. The third-order valence-corrected chi connectivity index (χ3v) is 2.21. The van der Waals surface area contributed by atoms with Gasteiger partial charge in [0.15, 0.2) is 0 Å². The number of carbonyl (C=O) groups excluding carboxylic acids is 1. The number of nitrogens with zero attached hydrogens (tertiary/aromatic N) is 2. The Labute approximate surface area is 107 Å². The summed E-state index contributed by atoms with van der Waals surface area (Å²) < 4.78 is 29.8. The van der Waals surface area contributed by atoms with Crippen molar-refractivity contribution < 1.29 is 18.3 Å². The quantitative estimate of drug-likeness (QED) is 0.902. The molecule has 0 saturated heterocycles. The Hall–Kier alpha value is -2.44. The van der Waals surface area contributed by atoms with Gasteiger partial charge in [0, 0.05) is 24.1 Å². The summed E-state index contributed by atoms with van der Waals surface area (Å²) in [5, 5.41) is 6.46. The number of nitrogens with one attached hydrogen (secondary N) is 1. The SMILES string of the molecule is O=C(Cn1cccn1)Nc1cccc(OC(F)F)c1. The van der Waals surface area contributed by atoms with Gasteiger partial charge in [-0.05, 0) is 18.2 Å². The molecule has 1 aromatic heterocycles. The van der Waals surface area contributed by atoms with E-state index in [9.17, 15) is 13.6 Å². The van der Waals surface area contributed by atoms with Crippen molar-refractivity contribution in [2.75, 3.05) is 5.32 Å². The van der Waals surface area contributed by atoms with Gasteiger partial charge in [0.25, 0.3) is 0 Å². The highest BCUT2D eigenvalue weighted by Gasteiger charge is 2.07. The lowest BCUT2D eigenvalue weighted by molar-refractivity contribution is -0.116. The summed E-state index contributed by atoms with van der Waals surface area (Å²) in [5.41, 5.74) is 0.385. The van der Waals surface area contributed by atoms with Crippen molar-refractivity contribution in [3.8, 4) is 5.75 Å². The van der Waals surface area contributed by atoms with E-state index in [0.29, 0.717) is 5.69 Å². The van der Waals surface area contributed by atoms with Gasteiger partial charge < -0.3 is 10.1 Å². The lowest BCUT2D eigenvalue weighted by Gasteiger charge is -2.08. The molecule has 0 unspecified atom stereocenters. The second-order valence-electron chi connectivity index (χ2n) is 3.66. The number of hydrogen-bond acceptors (Lipinski definition) is 3. The molecule has 0 saturated carbocycles. The highest BCUT2D eigenvalue weighted by atomic mass is 19.3. The molecule has 0 fully saturated rings. The summed E-state index contributed by atoms with van der Waals surface area (Å²) in [6.45, 7) is -2.84. The van der Waals surface area contributed by atoms with Crippen LogP contribution in [0.2, 0.25) is 0 Å². The normalized spacial score (nSPS) is 10.5. The van der Waals surface area contributed by atoms with Crippen LogP contribution in [0.15, 0.2) is 42.7 Å². The van der Waals surface area contributed by atoms with Crippen LogP contribution in [0.1, 0.15) is 0 Å². The van der Waals surface area contributed by atoms with Gasteiger partial charge in [-0.1, -0.05) is 6.07 Å². The van der Waals surface area contributed by atoms with Crippen molar-refractivity contribution in [1.29, 1.82) is 0 Å². The first kappa shape index (κ1) is 13.0. The molecule has 0 aliphatic carbocycles. The number of alkyl halides is 2. The summed E-state index contributed by atoms with van der Waals surface area (Å²) in [4.78, 5) is 11.7. The van der Waals surface area contributed by atoms with Crippen molar-refractivity contribution in [1.82, 2.24) is 9.78 Å². The fourth-order valence-electron chi connectivity index (χ4n) is 1.49. The Balaban J connectivity index is 1.96. The highest BCUT2D eigenvalue weighted by Crippen LogP contribution is 2.19. The van der Waals surface area contributed by atoms with Crippen LogP contribution in [0.5, 0.6) is 5.75 Å². The molecule has 0 bridgehead atoms. The number of anilines is 1. The summed E-state index contributed by atoms with van der Waals surface area (Å²) >= 11 is 0. The van der Waals surface area contributed by atoms with E-state index in [0.717, 1.165) is 0 Å². The van der Waals surface area contributed by atoms with E-state index in [1.165, 1.54) is 22.9 Å². The number of hydrogen-bond donors (Lipinski definition) is 1. The number of aromatic nitrogens is 2. The molecule has 19 heavy (non-hydrogen) atoms. The molecule has 2 rings (SSSR count). The van der Waals surface area contributed by atoms with Crippen LogP contribution in [-0.2, 0) is 11.3 Å². The minimum atomic E-state index is -2.89. The van der Waals surface area contributed by atoms with Gasteiger partial charge in [0.05, 0.1) is 0 Å². The summed E-state index contributed by atoms with van der Waals surface area (Å²) in [7, 11) is 0. The van der Waals surface area contributed by atoms with E-state index in [1.807, 2.05) is 0 Å². The third-order valence-electron chi connectivity index (χ3n) is 2.21. The van der Waals surface area contributed by atoms with Gasteiger partial charge >= 0.3 is 6.61 Å². The van der Waals surface area contributed by atoms with Crippen molar-refractivity contribution in [3.63, 3.8) is 0 Å². The Morgan fingerprint density at radius 1 is 1.42 bits per heavy atom. The monoisotopic (exact) mass is 267 g/mol. The summed E-state index contributed by atoms with van der Waals surface area (Å²) in [6, 6.07) is 7.51. The standard InChI is InChI=1S/C12H11F2N3O2/c13-12(14)19-10-4-1-3-9(7-10)16-11(18)8-17-6-2-5-15-17/h1-7,12H,8H2,(H,16,18). The second-order valence-corrected chi connectivity index (χ2v) is 3.66. The van der Waals surface area contributed by atoms with E-state index < -0.39 is 6.61 Å². The maximum absolute atomic E-state index is 12.0. The number of amides is 1. The first-order valence-electron chi connectivity index (χ1n) is 5.45. The molecule has 1 heterocycles. The number of carbonyl (C=O) groups is 1. The molecule has 0 aliphatic rings. The smallest absolute Gasteiger partial charge is 0.387 e. The average Bonchev–Trinajstić information content (AvgIpc) is 2.81. The molecule has 100 valence electrons. The third kappa shape index (κ3) is 4.06. The van der Waals surface area contributed by atoms with E-state index in [1.54, 1.807) is 24.5 Å². The van der Waals surface area contributed by atoms with Crippen molar-refractivity contribution in [2.45, 2.75) is 13.2 Å². The zero-order chi connectivity index (χ0) is 13.7. The Kier molecular flexibility index (Phi) is 4.07. The predicted octanol–water partition coefficient (Wildman–Crippen LogP) is 2.12. The molecular formula is C12H11F2N3O2. The van der Waals surface area contributed by atoms with Crippen LogP contribution >= 0.6 is 0 Å². The zero-order valence-electron chi connectivity index (χ0n) is 9.79. The Morgan fingerprint density at radius 2 is 2.26 bits per heavy atom. The number of benzene rings is 1. The van der Waals surface area contributed by atoms with E-state index in [4.69, 9.17) is 0 Å². The van der Waals surface area contributed by atoms with Gasteiger partial charge in [-0.25, -0.2) is 0 Å². The fourth-order valence-corrected chi connectivity index (χ4v) is 1.49. The molecule has 7 heteroatoms. The molecule has 5 nitrogen and oxygen atoms in total. The number of halogens is 2. The molecule has 0 radical (unpaired) electrons. The molecule has 1 N–H and O–H groups in total. The summed E-state index contributed by atoms with van der Waals surface area (Å²) in [6.07, 6.45) is 3.21. The van der Waals surface area contributed by atoms with E-state index in [2.05, 4.69) is 15.2 Å². The Morgan fingerprint density at radius 3 is 2.95 bits per heavy atom. The zero-order valence-corrected chi connectivity index (χ0v) is 9.79. The predicted molar refractivity (Wildman–Crippen MR) is 63.9 cm³/mol. The van der Waals surface area contributed by atoms with Gasteiger partial charge in [0.2, 0.25) is 5.91 Å². The van der Waals surface area contributed by atoms with Crippen LogP contribution in [0.3, 0.4) is 0 Å². The molecule has 1 amide bonds. The van der Waals surface area contributed by atoms with Crippen LogP contribution in [0.25, 0.3) is 0 Å². The van der Waals surface area contributed by atoms with E-state index in [-0.39, 0.29) is 18.2 Å². The lowest BCUT2D eigenvalue weighted by atomic mass is 10.3. The minimum absolute atomic E-state index is 0.00751. The summed E-state index contributed by atoms with van der Waals surface area (Å²) in [5.74, 6) is -0.315. The van der Waals surface area contributed by atoms with Crippen LogP contribution in [-0.4, -0.2) is 22.3 Å². The number of rotatable bonds is 5. The molecule has 0 atom stereocenters. The van der Waals surface area contributed by atoms with Gasteiger partial charge in [-0.2, -0.15) is 13.9 Å². The maximum Gasteiger partial charge on any atom is 0.387 e. The number of ether oxygens (including phenoxy) is 1. The maximum atomic E-state index is 12.0. The molecular weight excluding hydrogens is 256 g/mol. The van der Waals surface area contributed by atoms with Crippen LogP contribution < -0.4 is 10.1 Å². The van der Waals surface area contributed by atoms with Crippen molar-refractivity contribution in [2.24, 2.45) is 0 Å². The average molecular weight is 267 g/mol. The highest BCUT2D eigenvalue weighted by molar-refractivity contribution is 5.90. The van der Waals surface area contributed by atoms with Crippen molar-refractivity contribution >= 4 is 11.6 Å². The van der Waals surface area contributed by atoms with E-state index >= 15 is 0 Å². The van der Waals surface area contributed by atoms with Crippen LogP contribution in [0.4, 0.5) is 14.5 Å². The van der Waals surface area contributed by atoms with Crippen molar-refractivity contribution in [3.05, 3.63) is 42.7 Å². The second kappa shape index (κ2) is 5.94. The molecule has 0 aliphatic heterocycles. The Bertz CT molecular complexity index is 544. The first-order chi connectivity index (χ1) is 9.13. The van der Waals surface area contributed by atoms with Gasteiger partial charge in [-0.15, -0.1) is 0 Å².